The molecule has 140 valence electrons. The summed E-state index contributed by atoms with van der Waals surface area (Å²) in [5, 5.41) is 8.83. The molecule has 0 N–H and O–H groups in total. The maximum atomic E-state index is 12.7. The van der Waals surface area contributed by atoms with Crippen LogP contribution in [0.1, 0.15) is 46.7 Å². The van der Waals surface area contributed by atoms with Gasteiger partial charge in [-0.1, -0.05) is 6.07 Å². The Morgan fingerprint density at radius 1 is 1.22 bits per heavy atom. The lowest BCUT2D eigenvalue weighted by Gasteiger charge is -2.32. The number of piperidine rings is 1. The number of aromatic nitrogens is 6. The topological polar surface area (TPSA) is 81.7 Å². The average molecular weight is 365 g/mol. The van der Waals surface area contributed by atoms with Gasteiger partial charge in [0.25, 0.3) is 5.91 Å². The molecule has 0 radical (unpaired) electrons. The summed E-state index contributed by atoms with van der Waals surface area (Å²) in [6, 6.07) is 5.42. The molecule has 1 amide bonds. The van der Waals surface area contributed by atoms with Crippen molar-refractivity contribution in [2.45, 2.75) is 32.2 Å². The number of carbonyl (C=O) groups is 1. The lowest BCUT2D eigenvalue weighted by molar-refractivity contribution is 0.0697. The Morgan fingerprint density at radius 3 is 2.85 bits per heavy atom. The molecule has 1 aliphatic rings. The van der Waals surface area contributed by atoms with Gasteiger partial charge in [0.05, 0.1) is 6.54 Å². The third kappa shape index (κ3) is 3.47. The van der Waals surface area contributed by atoms with Gasteiger partial charge >= 0.3 is 0 Å². The molecule has 0 unspecified atom stereocenters. The Morgan fingerprint density at radius 2 is 2.11 bits per heavy atom. The molecular weight excluding hydrogens is 342 g/mol. The van der Waals surface area contributed by atoms with Crippen molar-refractivity contribution >= 4 is 5.91 Å². The number of amides is 1. The van der Waals surface area contributed by atoms with Crippen molar-refractivity contribution in [3.63, 3.8) is 0 Å². The number of rotatable bonds is 4. The van der Waals surface area contributed by atoms with Gasteiger partial charge < -0.3 is 14.0 Å². The van der Waals surface area contributed by atoms with Crippen LogP contribution >= 0.6 is 0 Å². The molecule has 1 fully saturated rings. The van der Waals surface area contributed by atoms with Gasteiger partial charge in [-0.25, -0.2) is 4.98 Å². The summed E-state index contributed by atoms with van der Waals surface area (Å²) in [6.07, 6.45) is 7.34. The first-order chi connectivity index (χ1) is 13.1. The monoisotopic (exact) mass is 365 g/mol. The molecule has 0 spiro atoms. The summed E-state index contributed by atoms with van der Waals surface area (Å²) < 4.78 is 4.10. The van der Waals surface area contributed by atoms with E-state index in [-0.39, 0.29) is 11.8 Å². The zero-order valence-corrected chi connectivity index (χ0v) is 15.6. The summed E-state index contributed by atoms with van der Waals surface area (Å²) in [5.74, 6) is 2.93. The Balaban J connectivity index is 1.50. The number of imidazole rings is 1. The molecule has 8 heteroatoms. The first-order valence-electron chi connectivity index (χ1n) is 9.19. The number of pyridine rings is 1. The van der Waals surface area contributed by atoms with Crippen LogP contribution in [0.25, 0.3) is 0 Å². The number of hydrogen-bond donors (Lipinski definition) is 0. The van der Waals surface area contributed by atoms with Crippen LogP contribution in [0, 0.1) is 6.92 Å². The van der Waals surface area contributed by atoms with E-state index in [2.05, 4.69) is 24.7 Å². The SMILES string of the molecule is Cc1nccn1Cc1nnc([C@H]2CCCN(C(=O)c3ccccn3)C2)n1C. The van der Waals surface area contributed by atoms with E-state index in [1.807, 2.05) is 41.8 Å². The van der Waals surface area contributed by atoms with E-state index in [0.29, 0.717) is 18.8 Å². The number of carbonyl (C=O) groups excluding carboxylic acids is 1. The van der Waals surface area contributed by atoms with Crippen LogP contribution in [0.2, 0.25) is 0 Å². The van der Waals surface area contributed by atoms with Gasteiger partial charge in [-0.15, -0.1) is 10.2 Å². The smallest absolute Gasteiger partial charge is 0.272 e. The Labute approximate surface area is 157 Å². The first-order valence-corrected chi connectivity index (χ1v) is 9.19. The predicted octanol–water partition coefficient (Wildman–Crippen LogP) is 1.78. The zero-order chi connectivity index (χ0) is 18.8. The van der Waals surface area contributed by atoms with E-state index in [1.165, 1.54) is 0 Å². The number of nitrogens with zero attached hydrogens (tertiary/aromatic N) is 7. The summed E-state index contributed by atoms with van der Waals surface area (Å²) >= 11 is 0. The highest BCUT2D eigenvalue weighted by molar-refractivity contribution is 5.92. The fourth-order valence-corrected chi connectivity index (χ4v) is 3.62. The minimum atomic E-state index is -0.0169. The number of hydrogen-bond acceptors (Lipinski definition) is 5. The molecule has 0 saturated carbocycles. The van der Waals surface area contributed by atoms with Crippen molar-refractivity contribution in [1.82, 2.24) is 34.2 Å². The summed E-state index contributed by atoms with van der Waals surface area (Å²) in [4.78, 5) is 23.0. The first kappa shape index (κ1) is 17.4. The molecule has 1 atom stereocenters. The Kier molecular flexibility index (Phi) is 4.70. The van der Waals surface area contributed by atoms with E-state index in [0.717, 1.165) is 36.9 Å². The van der Waals surface area contributed by atoms with Crippen molar-refractivity contribution in [2.24, 2.45) is 7.05 Å². The highest BCUT2D eigenvalue weighted by Gasteiger charge is 2.29. The summed E-state index contributed by atoms with van der Waals surface area (Å²) in [6.45, 7) is 4.01. The molecule has 4 heterocycles. The van der Waals surface area contributed by atoms with Crippen molar-refractivity contribution in [2.75, 3.05) is 13.1 Å². The van der Waals surface area contributed by atoms with Crippen LogP contribution in [-0.4, -0.2) is 53.2 Å². The molecule has 1 aliphatic heterocycles. The van der Waals surface area contributed by atoms with Gasteiger partial charge in [0.2, 0.25) is 0 Å². The third-order valence-electron chi connectivity index (χ3n) is 5.19. The fourth-order valence-electron chi connectivity index (χ4n) is 3.62. The second-order valence-electron chi connectivity index (χ2n) is 6.94. The molecule has 3 aromatic heterocycles. The number of aryl methyl sites for hydroxylation is 1. The highest BCUT2D eigenvalue weighted by atomic mass is 16.2. The van der Waals surface area contributed by atoms with Crippen LogP contribution in [0.15, 0.2) is 36.8 Å². The van der Waals surface area contributed by atoms with Crippen molar-refractivity contribution in [3.05, 3.63) is 60.0 Å². The van der Waals surface area contributed by atoms with E-state index in [9.17, 15) is 4.79 Å². The minimum absolute atomic E-state index is 0.0169. The van der Waals surface area contributed by atoms with E-state index >= 15 is 0 Å². The van der Waals surface area contributed by atoms with Crippen molar-refractivity contribution in [3.8, 4) is 0 Å². The molecule has 1 saturated heterocycles. The Hall–Kier alpha value is -3.03. The molecule has 0 aliphatic carbocycles. The molecule has 3 aromatic rings. The summed E-state index contributed by atoms with van der Waals surface area (Å²) in [5.41, 5.74) is 0.493. The fraction of sp³-hybridized carbons (Fsp3) is 0.421. The number of likely N-dealkylation sites (tertiary alicyclic amines) is 1. The van der Waals surface area contributed by atoms with Gasteiger partial charge in [-0.2, -0.15) is 0 Å². The van der Waals surface area contributed by atoms with Crippen LogP contribution in [0.3, 0.4) is 0 Å². The van der Waals surface area contributed by atoms with Crippen molar-refractivity contribution in [1.29, 1.82) is 0 Å². The zero-order valence-electron chi connectivity index (χ0n) is 15.6. The average Bonchev–Trinajstić information content (AvgIpc) is 3.28. The lowest BCUT2D eigenvalue weighted by atomic mass is 9.97. The second-order valence-corrected chi connectivity index (χ2v) is 6.94. The standard InChI is InChI=1S/C19H23N7O/c1-14-20-9-11-25(14)13-17-22-23-18(24(17)2)15-6-5-10-26(12-15)19(27)16-7-3-4-8-21-16/h3-4,7-9,11,15H,5-6,10,12-13H2,1-2H3/t15-/m0/s1. The van der Waals surface area contributed by atoms with Crippen LogP contribution in [-0.2, 0) is 13.6 Å². The lowest BCUT2D eigenvalue weighted by Crippen LogP contribution is -2.40. The molecule has 0 aromatic carbocycles. The molecular formula is C19H23N7O. The third-order valence-corrected chi connectivity index (χ3v) is 5.19. The maximum Gasteiger partial charge on any atom is 0.272 e. The largest absolute Gasteiger partial charge is 0.337 e. The predicted molar refractivity (Wildman–Crippen MR) is 99.2 cm³/mol. The van der Waals surface area contributed by atoms with Crippen LogP contribution in [0.4, 0.5) is 0 Å². The van der Waals surface area contributed by atoms with E-state index in [1.54, 1.807) is 18.5 Å². The second kappa shape index (κ2) is 7.30. The molecule has 27 heavy (non-hydrogen) atoms. The van der Waals surface area contributed by atoms with Crippen LogP contribution in [0.5, 0.6) is 0 Å². The van der Waals surface area contributed by atoms with E-state index < -0.39 is 0 Å². The van der Waals surface area contributed by atoms with E-state index in [4.69, 9.17) is 0 Å². The molecule has 8 nitrogen and oxygen atoms in total. The summed E-state index contributed by atoms with van der Waals surface area (Å²) in [7, 11) is 2.00. The molecule has 4 rings (SSSR count). The molecule has 0 bridgehead atoms. The quantitative estimate of drug-likeness (QED) is 0.704. The van der Waals surface area contributed by atoms with Gasteiger partial charge in [0.1, 0.15) is 17.3 Å². The van der Waals surface area contributed by atoms with Crippen LogP contribution < -0.4 is 0 Å². The Bertz CT molecular complexity index is 931. The van der Waals surface area contributed by atoms with Gasteiger partial charge in [-0.05, 0) is 31.9 Å². The van der Waals surface area contributed by atoms with Crippen molar-refractivity contribution < 1.29 is 4.79 Å². The highest BCUT2D eigenvalue weighted by Crippen LogP contribution is 2.26. The van der Waals surface area contributed by atoms with Gasteiger partial charge in [0, 0.05) is 44.6 Å². The minimum Gasteiger partial charge on any atom is -0.337 e. The van der Waals surface area contributed by atoms with Gasteiger partial charge in [0.15, 0.2) is 5.82 Å². The maximum absolute atomic E-state index is 12.7. The van der Waals surface area contributed by atoms with Gasteiger partial charge in [-0.3, -0.25) is 9.78 Å². The normalized spacial score (nSPS) is 17.3.